The number of ether oxygens (including phenoxy) is 2. The fraction of sp³-hybridized carbons (Fsp3) is 0.528. The number of nitrogens with zero attached hydrogens (tertiary/aromatic N) is 4. The lowest BCUT2D eigenvalue weighted by atomic mass is 9.56. The molecule has 3 aromatic rings. The van der Waals surface area contributed by atoms with Gasteiger partial charge in [0, 0.05) is 30.1 Å². The summed E-state index contributed by atoms with van der Waals surface area (Å²) in [6.45, 7) is 7.60. The molecule has 2 aliphatic heterocycles. The molecule has 0 radical (unpaired) electrons. The Morgan fingerprint density at radius 1 is 1.14 bits per heavy atom. The van der Waals surface area contributed by atoms with Crippen LogP contribution in [0.3, 0.4) is 0 Å². The molecule has 1 aliphatic carbocycles. The first-order valence-electron chi connectivity index (χ1n) is 17.1. The molecule has 1 aromatic heterocycles. The molecule has 264 valence electrons. The van der Waals surface area contributed by atoms with Gasteiger partial charge in [0.25, 0.3) is 5.91 Å². The van der Waals surface area contributed by atoms with Crippen molar-refractivity contribution in [3.63, 3.8) is 0 Å². The summed E-state index contributed by atoms with van der Waals surface area (Å²) in [6, 6.07) is 12.8. The summed E-state index contributed by atoms with van der Waals surface area (Å²) in [7, 11) is -3.33. The molecule has 2 atom stereocenters. The van der Waals surface area contributed by atoms with Crippen molar-refractivity contribution in [2.45, 2.75) is 83.1 Å². The molecule has 2 aromatic carbocycles. The van der Waals surface area contributed by atoms with Crippen molar-refractivity contribution in [3.8, 4) is 11.5 Å². The van der Waals surface area contributed by atoms with Gasteiger partial charge in [-0.2, -0.15) is 0 Å². The van der Waals surface area contributed by atoms with Crippen LogP contribution in [0.2, 0.25) is 0 Å². The standard InChI is InChI=1S/C36H46FN5O6S/c1-4-49(45,46)40-28-12-13-36(44,47-22-28)23-41-16-14-35(15-17-41)19-26(20-35)33-32(21-38-24-39-33)48-31-11-10-27(37)18-30(31)34(43)42(25(2)3)29-8-6-5-7-9-29/h5-11,18,21,24-26,28,40,44H,4,12-17,19-20,22-23H2,1-3H3/t28-,36-/m1/s1. The van der Waals surface area contributed by atoms with Crippen molar-refractivity contribution < 1.29 is 32.2 Å². The maximum atomic E-state index is 14.6. The Morgan fingerprint density at radius 2 is 1.88 bits per heavy atom. The Balaban J connectivity index is 1.08. The predicted octanol–water partition coefficient (Wildman–Crippen LogP) is 5.23. The van der Waals surface area contributed by atoms with Crippen LogP contribution in [0.1, 0.15) is 81.3 Å². The molecule has 1 saturated carbocycles. The van der Waals surface area contributed by atoms with Crippen LogP contribution < -0.4 is 14.4 Å². The van der Waals surface area contributed by atoms with Crippen LogP contribution in [0.5, 0.6) is 11.5 Å². The van der Waals surface area contributed by atoms with Crippen molar-refractivity contribution in [2.24, 2.45) is 5.41 Å². The Labute approximate surface area is 287 Å². The van der Waals surface area contributed by atoms with Crippen LogP contribution in [-0.2, 0) is 14.8 Å². The highest BCUT2D eigenvalue weighted by atomic mass is 32.2. The molecule has 2 N–H and O–H groups in total. The number of hydrogen-bond donors (Lipinski definition) is 2. The number of halogens is 1. The van der Waals surface area contributed by atoms with E-state index in [1.54, 1.807) is 18.0 Å². The fourth-order valence-corrected chi connectivity index (χ4v) is 8.31. The van der Waals surface area contributed by atoms with Crippen LogP contribution >= 0.6 is 0 Å². The number of para-hydroxylation sites is 1. The second kappa shape index (κ2) is 14.4. The van der Waals surface area contributed by atoms with Crippen molar-refractivity contribution in [1.82, 2.24) is 19.6 Å². The van der Waals surface area contributed by atoms with Gasteiger partial charge in [0.05, 0.1) is 36.4 Å². The second-order valence-corrected chi connectivity index (χ2v) is 16.1. The smallest absolute Gasteiger partial charge is 0.262 e. The first-order chi connectivity index (χ1) is 23.4. The largest absolute Gasteiger partial charge is 0.453 e. The maximum absolute atomic E-state index is 14.6. The van der Waals surface area contributed by atoms with Gasteiger partial charge in [-0.3, -0.25) is 9.69 Å². The number of piperidine rings is 1. The zero-order chi connectivity index (χ0) is 34.8. The van der Waals surface area contributed by atoms with Crippen LogP contribution in [-0.4, -0.2) is 84.2 Å². The molecule has 3 heterocycles. The van der Waals surface area contributed by atoms with Crippen molar-refractivity contribution in [1.29, 1.82) is 0 Å². The number of benzene rings is 2. The lowest BCUT2D eigenvalue weighted by molar-refractivity contribution is -0.239. The van der Waals surface area contributed by atoms with Gasteiger partial charge in [0.1, 0.15) is 17.9 Å². The topological polar surface area (TPSA) is 134 Å². The van der Waals surface area contributed by atoms with E-state index in [9.17, 15) is 22.7 Å². The van der Waals surface area contributed by atoms with E-state index in [4.69, 9.17) is 9.47 Å². The van der Waals surface area contributed by atoms with Gasteiger partial charge in [-0.1, -0.05) is 18.2 Å². The number of rotatable bonds is 11. The zero-order valence-corrected chi connectivity index (χ0v) is 29.2. The number of carbonyl (C=O) groups excluding carboxylic acids is 1. The van der Waals surface area contributed by atoms with E-state index in [0.717, 1.165) is 44.5 Å². The van der Waals surface area contributed by atoms with Crippen LogP contribution in [0.15, 0.2) is 61.1 Å². The number of nitrogens with one attached hydrogen (secondary N) is 1. The number of aromatic nitrogens is 2. The summed E-state index contributed by atoms with van der Waals surface area (Å²) in [4.78, 5) is 26.6. The summed E-state index contributed by atoms with van der Waals surface area (Å²) in [6.07, 6.45) is 7.81. The Bertz CT molecular complexity index is 1720. The quantitative estimate of drug-likeness (QED) is 0.277. The first-order valence-corrected chi connectivity index (χ1v) is 18.8. The summed E-state index contributed by atoms with van der Waals surface area (Å²) >= 11 is 0. The zero-order valence-electron chi connectivity index (χ0n) is 28.3. The minimum atomic E-state index is -3.33. The highest BCUT2D eigenvalue weighted by Gasteiger charge is 2.48. The van der Waals surface area contributed by atoms with Gasteiger partial charge in [0.15, 0.2) is 11.5 Å². The third kappa shape index (κ3) is 8.12. The lowest BCUT2D eigenvalue weighted by Crippen LogP contribution is -2.55. The van der Waals surface area contributed by atoms with Gasteiger partial charge in [-0.25, -0.2) is 27.5 Å². The van der Waals surface area contributed by atoms with E-state index >= 15 is 0 Å². The summed E-state index contributed by atoms with van der Waals surface area (Å²) in [5.41, 5.74) is 1.76. The van der Waals surface area contributed by atoms with Gasteiger partial charge >= 0.3 is 0 Å². The molecule has 1 spiro atoms. The van der Waals surface area contributed by atoms with Crippen LogP contribution in [0, 0.1) is 11.2 Å². The third-order valence-electron chi connectivity index (χ3n) is 10.2. The van der Waals surface area contributed by atoms with E-state index in [-0.39, 0.29) is 53.0 Å². The second-order valence-electron chi connectivity index (χ2n) is 14.0. The molecular formula is C36H46FN5O6S. The van der Waals surface area contributed by atoms with E-state index in [1.165, 1.54) is 24.5 Å². The summed E-state index contributed by atoms with van der Waals surface area (Å²) in [5, 5.41) is 11.1. The number of amides is 1. The molecule has 1 amide bonds. The molecule has 3 fully saturated rings. The summed E-state index contributed by atoms with van der Waals surface area (Å²) in [5.74, 6) is -1.34. The molecule has 2 saturated heterocycles. The fourth-order valence-electron chi connectivity index (χ4n) is 7.44. The minimum absolute atomic E-state index is 0.0123. The number of anilines is 1. The highest BCUT2D eigenvalue weighted by Crippen LogP contribution is 2.57. The molecule has 0 unspecified atom stereocenters. The average Bonchev–Trinajstić information content (AvgIpc) is 3.07. The maximum Gasteiger partial charge on any atom is 0.262 e. The molecule has 49 heavy (non-hydrogen) atoms. The number of carbonyl (C=O) groups is 1. The highest BCUT2D eigenvalue weighted by molar-refractivity contribution is 7.89. The Morgan fingerprint density at radius 3 is 2.53 bits per heavy atom. The molecule has 0 bridgehead atoms. The first kappa shape index (κ1) is 35.3. The van der Waals surface area contributed by atoms with E-state index in [0.29, 0.717) is 30.8 Å². The molecule has 11 nitrogen and oxygen atoms in total. The molecular weight excluding hydrogens is 649 g/mol. The molecule has 3 aliphatic rings. The molecule has 13 heteroatoms. The van der Waals surface area contributed by atoms with Crippen molar-refractivity contribution in [2.75, 3.05) is 36.9 Å². The van der Waals surface area contributed by atoms with E-state index < -0.39 is 21.6 Å². The predicted molar refractivity (Wildman–Crippen MR) is 183 cm³/mol. The Kier molecular flexibility index (Phi) is 10.4. The average molecular weight is 696 g/mol. The van der Waals surface area contributed by atoms with Crippen molar-refractivity contribution >= 4 is 21.6 Å². The van der Waals surface area contributed by atoms with E-state index in [1.807, 2.05) is 44.2 Å². The van der Waals surface area contributed by atoms with Crippen LogP contribution in [0.25, 0.3) is 0 Å². The van der Waals surface area contributed by atoms with Crippen molar-refractivity contribution in [3.05, 3.63) is 78.1 Å². The van der Waals surface area contributed by atoms with Gasteiger partial charge in [-0.15, -0.1) is 0 Å². The number of aliphatic hydroxyl groups is 1. The number of sulfonamides is 1. The van der Waals surface area contributed by atoms with Gasteiger partial charge in [-0.05, 0) is 102 Å². The van der Waals surface area contributed by atoms with Gasteiger partial charge < -0.3 is 19.5 Å². The lowest BCUT2D eigenvalue weighted by Gasteiger charge is -2.53. The molecule has 6 rings (SSSR count). The number of β-amino-alcohol motifs (C(OH)–C–C–N with tert-alkyl or cyclic N) is 1. The Hall–Kier alpha value is -3.49. The normalized spacial score (nSPS) is 22.9. The minimum Gasteiger partial charge on any atom is -0.453 e. The third-order valence-corrected chi connectivity index (χ3v) is 11.6. The number of likely N-dealkylation sites (tertiary alicyclic amines) is 1. The van der Waals surface area contributed by atoms with E-state index in [2.05, 4.69) is 19.6 Å². The van der Waals surface area contributed by atoms with Crippen LogP contribution in [0.4, 0.5) is 10.1 Å². The SMILES string of the molecule is CCS(=O)(=O)N[C@@H]1CC[C@](O)(CN2CCC3(CC2)CC(c2ncncc2Oc2ccc(F)cc2C(=O)N(c2ccccc2)C(C)C)C3)OC1. The monoisotopic (exact) mass is 695 g/mol. The summed E-state index contributed by atoms with van der Waals surface area (Å²) < 4.78 is 53.2. The van der Waals surface area contributed by atoms with Gasteiger partial charge in [0.2, 0.25) is 10.0 Å². The number of hydrogen-bond acceptors (Lipinski definition) is 9.